The number of nitrogens with zero attached hydrogens (tertiary/aromatic N) is 2. The van der Waals surface area contributed by atoms with Crippen LogP contribution in [0.2, 0.25) is 5.02 Å². The van der Waals surface area contributed by atoms with Crippen molar-refractivity contribution in [1.29, 1.82) is 0 Å². The van der Waals surface area contributed by atoms with Gasteiger partial charge < -0.3 is 4.90 Å². The van der Waals surface area contributed by atoms with Gasteiger partial charge in [-0.05, 0) is 24.8 Å². The molecular formula is C12H14BrClN2O. The van der Waals surface area contributed by atoms with Gasteiger partial charge >= 0.3 is 0 Å². The molecule has 1 atom stereocenters. The summed E-state index contributed by atoms with van der Waals surface area (Å²) in [6.07, 6.45) is 5.32. The normalized spacial score (nSPS) is 19.6. The second-order valence-corrected chi connectivity index (χ2v) is 5.44. The second kappa shape index (κ2) is 5.83. The van der Waals surface area contributed by atoms with Gasteiger partial charge in [0.25, 0.3) is 5.91 Å². The Morgan fingerprint density at radius 2 is 2.47 bits per heavy atom. The zero-order valence-corrected chi connectivity index (χ0v) is 11.7. The van der Waals surface area contributed by atoms with Crippen molar-refractivity contribution < 1.29 is 4.79 Å². The molecule has 0 aromatic carbocycles. The fourth-order valence-electron chi connectivity index (χ4n) is 2.13. The molecule has 0 bridgehead atoms. The summed E-state index contributed by atoms with van der Waals surface area (Å²) in [6, 6.07) is 1.68. The van der Waals surface area contributed by atoms with Gasteiger partial charge in [0.2, 0.25) is 0 Å². The molecule has 0 aliphatic carbocycles. The second-order valence-electron chi connectivity index (χ2n) is 4.24. The predicted molar refractivity (Wildman–Crippen MR) is 71.7 cm³/mol. The molecule has 3 nitrogen and oxygen atoms in total. The smallest absolute Gasteiger partial charge is 0.255 e. The molecule has 1 aliphatic rings. The molecule has 2 rings (SSSR count). The van der Waals surface area contributed by atoms with E-state index in [9.17, 15) is 4.79 Å². The van der Waals surface area contributed by atoms with Crippen molar-refractivity contribution in [3.63, 3.8) is 0 Å². The van der Waals surface area contributed by atoms with E-state index in [0.29, 0.717) is 16.5 Å². The van der Waals surface area contributed by atoms with Crippen LogP contribution in [0.3, 0.4) is 0 Å². The molecule has 1 aliphatic heterocycles. The van der Waals surface area contributed by atoms with Crippen LogP contribution in [0.5, 0.6) is 0 Å². The van der Waals surface area contributed by atoms with E-state index in [1.165, 1.54) is 6.20 Å². The number of carbonyl (C=O) groups excluding carboxylic acids is 1. The molecule has 0 spiro atoms. The standard InChI is InChI=1S/C12H14BrClN2O/c13-4-1-9-3-6-16(8-9)12(17)10-2-5-15-7-11(10)14/h2,5,7,9H,1,3-4,6,8H2. The van der Waals surface area contributed by atoms with Crippen molar-refractivity contribution in [3.8, 4) is 0 Å². The van der Waals surface area contributed by atoms with E-state index in [4.69, 9.17) is 11.6 Å². The summed E-state index contributed by atoms with van der Waals surface area (Å²) in [7, 11) is 0. The summed E-state index contributed by atoms with van der Waals surface area (Å²) < 4.78 is 0. The van der Waals surface area contributed by atoms with Gasteiger partial charge in [0.15, 0.2) is 0 Å². The topological polar surface area (TPSA) is 33.2 Å². The maximum Gasteiger partial charge on any atom is 0.255 e. The molecule has 1 amide bonds. The summed E-state index contributed by atoms with van der Waals surface area (Å²) >= 11 is 9.42. The first-order valence-electron chi connectivity index (χ1n) is 5.67. The Kier molecular flexibility index (Phi) is 4.40. The number of aromatic nitrogens is 1. The largest absolute Gasteiger partial charge is 0.338 e. The third-order valence-corrected chi connectivity index (χ3v) is 3.85. The highest BCUT2D eigenvalue weighted by atomic mass is 79.9. The number of hydrogen-bond donors (Lipinski definition) is 0. The molecule has 5 heteroatoms. The molecule has 1 aromatic heterocycles. The minimum Gasteiger partial charge on any atom is -0.338 e. The van der Waals surface area contributed by atoms with Gasteiger partial charge in [-0.3, -0.25) is 9.78 Å². The lowest BCUT2D eigenvalue weighted by atomic mass is 10.1. The number of halogens is 2. The van der Waals surface area contributed by atoms with Crippen molar-refractivity contribution in [2.24, 2.45) is 5.92 Å². The third-order valence-electron chi connectivity index (χ3n) is 3.09. The molecular weight excluding hydrogens is 304 g/mol. The summed E-state index contributed by atoms with van der Waals surface area (Å²) in [5.41, 5.74) is 0.557. The number of rotatable bonds is 3. The van der Waals surface area contributed by atoms with Crippen molar-refractivity contribution in [2.75, 3.05) is 18.4 Å². The van der Waals surface area contributed by atoms with E-state index in [1.54, 1.807) is 12.3 Å². The van der Waals surface area contributed by atoms with Crippen molar-refractivity contribution >= 4 is 33.4 Å². The quantitative estimate of drug-likeness (QED) is 0.803. The SMILES string of the molecule is O=C(c1ccncc1Cl)N1CCC(CCBr)C1. The van der Waals surface area contributed by atoms with Crippen molar-refractivity contribution in [2.45, 2.75) is 12.8 Å². The third kappa shape index (κ3) is 2.99. The minimum atomic E-state index is 0.0227. The Labute approximate surface area is 114 Å². The summed E-state index contributed by atoms with van der Waals surface area (Å²) in [6.45, 7) is 1.66. The van der Waals surface area contributed by atoms with Crippen molar-refractivity contribution in [3.05, 3.63) is 29.0 Å². The molecule has 1 saturated heterocycles. The molecule has 1 fully saturated rings. The molecule has 1 aromatic rings. The van der Waals surface area contributed by atoms with Crippen LogP contribution in [0.25, 0.3) is 0 Å². The van der Waals surface area contributed by atoms with Crippen LogP contribution in [0.1, 0.15) is 23.2 Å². The average Bonchev–Trinajstić information content (AvgIpc) is 2.78. The molecule has 17 heavy (non-hydrogen) atoms. The predicted octanol–water partition coefficient (Wildman–Crippen LogP) is 2.98. The van der Waals surface area contributed by atoms with Crippen LogP contribution in [-0.2, 0) is 0 Å². The first-order valence-corrected chi connectivity index (χ1v) is 7.17. The molecule has 0 N–H and O–H groups in total. The average molecular weight is 318 g/mol. The Hall–Kier alpha value is -0.610. The molecule has 92 valence electrons. The molecule has 0 saturated carbocycles. The van der Waals surface area contributed by atoms with Crippen LogP contribution >= 0.6 is 27.5 Å². The zero-order chi connectivity index (χ0) is 12.3. The summed E-state index contributed by atoms with van der Waals surface area (Å²) in [5, 5.41) is 1.43. The number of amides is 1. The van der Waals surface area contributed by atoms with Gasteiger partial charge in [-0.15, -0.1) is 0 Å². The summed E-state index contributed by atoms with van der Waals surface area (Å²) in [5.74, 6) is 0.633. The maximum atomic E-state index is 12.2. The van der Waals surface area contributed by atoms with E-state index in [0.717, 1.165) is 31.3 Å². The Morgan fingerprint density at radius 3 is 3.18 bits per heavy atom. The molecule has 2 heterocycles. The fourth-order valence-corrected chi connectivity index (χ4v) is 2.97. The lowest BCUT2D eigenvalue weighted by Crippen LogP contribution is -2.29. The Bertz CT molecular complexity index is 413. The Balaban J connectivity index is 2.05. The first kappa shape index (κ1) is 12.8. The van der Waals surface area contributed by atoms with Crippen LogP contribution < -0.4 is 0 Å². The van der Waals surface area contributed by atoms with E-state index in [1.807, 2.05) is 4.90 Å². The van der Waals surface area contributed by atoms with E-state index < -0.39 is 0 Å². The van der Waals surface area contributed by atoms with Crippen LogP contribution in [-0.4, -0.2) is 34.2 Å². The zero-order valence-electron chi connectivity index (χ0n) is 9.40. The highest BCUT2D eigenvalue weighted by molar-refractivity contribution is 9.09. The number of alkyl halides is 1. The van der Waals surface area contributed by atoms with Crippen molar-refractivity contribution in [1.82, 2.24) is 9.88 Å². The minimum absolute atomic E-state index is 0.0227. The molecule has 1 unspecified atom stereocenters. The number of pyridine rings is 1. The van der Waals surface area contributed by atoms with Gasteiger partial charge in [0.1, 0.15) is 0 Å². The number of hydrogen-bond acceptors (Lipinski definition) is 2. The van der Waals surface area contributed by atoms with Gasteiger partial charge in [-0.25, -0.2) is 0 Å². The first-order chi connectivity index (χ1) is 8.22. The maximum absolute atomic E-state index is 12.2. The molecule has 0 radical (unpaired) electrons. The van der Waals surface area contributed by atoms with Crippen LogP contribution in [0, 0.1) is 5.92 Å². The fraction of sp³-hybridized carbons (Fsp3) is 0.500. The van der Waals surface area contributed by atoms with Crippen LogP contribution in [0.4, 0.5) is 0 Å². The Morgan fingerprint density at radius 1 is 1.65 bits per heavy atom. The van der Waals surface area contributed by atoms with Gasteiger partial charge in [0, 0.05) is 30.8 Å². The van der Waals surface area contributed by atoms with Gasteiger partial charge in [-0.2, -0.15) is 0 Å². The number of likely N-dealkylation sites (tertiary alicyclic amines) is 1. The lowest BCUT2D eigenvalue weighted by molar-refractivity contribution is 0.0787. The van der Waals surface area contributed by atoms with Crippen LogP contribution in [0.15, 0.2) is 18.5 Å². The lowest BCUT2D eigenvalue weighted by Gasteiger charge is -2.16. The van der Waals surface area contributed by atoms with E-state index in [-0.39, 0.29) is 5.91 Å². The highest BCUT2D eigenvalue weighted by Gasteiger charge is 2.27. The van der Waals surface area contributed by atoms with E-state index >= 15 is 0 Å². The summed E-state index contributed by atoms with van der Waals surface area (Å²) in [4.78, 5) is 18.0. The van der Waals surface area contributed by atoms with E-state index in [2.05, 4.69) is 20.9 Å². The highest BCUT2D eigenvalue weighted by Crippen LogP contribution is 2.24. The monoisotopic (exact) mass is 316 g/mol. The van der Waals surface area contributed by atoms with Gasteiger partial charge in [-0.1, -0.05) is 27.5 Å². The number of carbonyl (C=O) groups is 1. The van der Waals surface area contributed by atoms with Gasteiger partial charge in [0.05, 0.1) is 10.6 Å².